The van der Waals surface area contributed by atoms with Gasteiger partial charge in [0.05, 0.1) is 12.0 Å². The molecule has 1 aromatic carbocycles. The Balaban J connectivity index is 0.00000324. The molecule has 0 aliphatic carbocycles. The lowest BCUT2D eigenvalue weighted by Crippen LogP contribution is -2.31. The van der Waals surface area contributed by atoms with Crippen LogP contribution in [0.15, 0.2) is 18.2 Å². The minimum absolute atomic E-state index is 0. The second-order valence-electron chi connectivity index (χ2n) is 3.29. The SMILES string of the molecule is COc1ccc(C(=O)N(C)C(=O)O)cc1[N+](=O)[O-].Cl. The van der Waals surface area contributed by atoms with Gasteiger partial charge in [0.2, 0.25) is 0 Å². The lowest BCUT2D eigenvalue weighted by molar-refractivity contribution is -0.385. The van der Waals surface area contributed by atoms with Gasteiger partial charge in [0, 0.05) is 18.7 Å². The highest BCUT2D eigenvalue weighted by molar-refractivity contribution is 6.02. The number of nitro groups is 1. The summed E-state index contributed by atoms with van der Waals surface area (Å²) in [6.07, 6.45) is -1.45. The third-order valence-corrected chi connectivity index (χ3v) is 2.21. The molecule has 0 aliphatic heterocycles. The van der Waals surface area contributed by atoms with Gasteiger partial charge in [-0.1, -0.05) is 0 Å². The van der Waals surface area contributed by atoms with Crippen molar-refractivity contribution in [2.75, 3.05) is 14.2 Å². The molecule has 0 radical (unpaired) electrons. The van der Waals surface area contributed by atoms with E-state index in [-0.39, 0.29) is 23.7 Å². The molecule has 1 rings (SSSR count). The van der Waals surface area contributed by atoms with Crippen molar-refractivity contribution >= 4 is 30.1 Å². The molecule has 0 fully saturated rings. The van der Waals surface area contributed by atoms with Gasteiger partial charge in [-0.2, -0.15) is 0 Å². The number of ether oxygens (including phenoxy) is 1. The molecule has 0 aromatic heterocycles. The molecule has 0 unspecified atom stereocenters. The smallest absolute Gasteiger partial charge is 0.414 e. The fourth-order valence-electron chi connectivity index (χ4n) is 1.25. The molecule has 0 aliphatic rings. The highest BCUT2D eigenvalue weighted by atomic mass is 35.5. The van der Waals surface area contributed by atoms with Gasteiger partial charge in [-0.05, 0) is 12.1 Å². The maximum atomic E-state index is 11.6. The summed E-state index contributed by atoms with van der Waals surface area (Å²) in [6.45, 7) is 0. The van der Waals surface area contributed by atoms with Crippen LogP contribution < -0.4 is 4.74 Å². The summed E-state index contributed by atoms with van der Waals surface area (Å²) in [6, 6.07) is 3.47. The number of rotatable bonds is 3. The number of amides is 2. The Kier molecular flexibility index (Phi) is 5.74. The van der Waals surface area contributed by atoms with Crippen molar-refractivity contribution in [1.82, 2.24) is 4.90 Å². The van der Waals surface area contributed by atoms with Crippen LogP contribution in [0, 0.1) is 10.1 Å². The molecule has 0 bridgehead atoms. The largest absolute Gasteiger partial charge is 0.490 e. The zero-order chi connectivity index (χ0) is 13.9. The molecule has 1 aromatic rings. The van der Waals surface area contributed by atoms with Crippen LogP contribution in [0.3, 0.4) is 0 Å². The van der Waals surface area contributed by atoms with Gasteiger partial charge in [-0.3, -0.25) is 14.9 Å². The number of imide groups is 1. The van der Waals surface area contributed by atoms with E-state index in [1.807, 2.05) is 0 Å². The first-order valence-electron chi connectivity index (χ1n) is 4.72. The number of benzene rings is 1. The Morgan fingerprint density at radius 2 is 2.00 bits per heavy atom. The fraction of sp³-hybridized carbons (Fsp3) is 0.200. The number of hydrogen-bond acceptors (Lipinski definition) is 5. The number of hydrogen-bond donors (Lipinski definition) is 1. The Hall–Kier alpha value is -2.35. The summed E-state index contributed by atoms with van der Waals surface area (Å²) in [7, 11) is 2.31. The quantitative estimate of drug-likeness (QED) is 0.671. The molecule has 19 heavy (non-hydrogen) atoms. The number of carbonyl (C=O) groups is 2. The first kappa shape index (κ1) is 16.6. The standard InChI is InChI=1S/C10H10N2O6.ClH/c1-11(10(14)15)9(13)6-3-4-8(18-2)7(5-6)12(16)17;/h3-5H,1-2H3,(H,14,15);1H. The van der Waals surface area contributed by atoms with Crippen molar-refractivity contribution in [3.8, 4) is 5.75 Å². The molecule has 2 amide bonds. The Labute approximate surface area is 114 Å². The van der Waals surface area contributed by atoms with E-state index in [1.165, 1.54) is 19.2 Å². The molecule has 0 heterocycles. The first-order valence-corrected chi connectivity index (χ1v) is 4.72. The van der Waals surface area contributed by atoms with E-state index in [0.717, 1.165) is 13.1 Å². The van der Waals surface area contributed by atoms with Crippen LogP contribution >= 0.6 is 12.4 Å². The van der Waals surface area contributed by atoms with Crippen LogP contribution in [-0.2, 0) is 0 Å². The second-order valence-corrected chi connectivity index (χ2v) is 3.29. The first-order chi connectivity index (χ1) is 8.38. The van der Waals surface area contributed by atoms with Crippen molar-refractivity contribution in [2.45, 2.75) is 0 Å². The van der Waals surface area contributed by atoms with E-state index in [1.54, 1.807) is 0 Å². The third-order valence-electron chi connectivity index (χ3n) is 2.21. The normalized spacial score (nSPS) is 9.16. The van der Waals surface area contributed by atoms with Crippen LogP contribution in [0.25, 0.3) is 0 Å². The van der Waals surface area contributed by atoms with Crippen molar-refractivity contribution in [1.29, 1.82) is 0 Å². The van der Waals surface area contributed by atoms with E-state index < -0.39 is 22.6 Å². The van der Waals surface area contributed by atoms with Gasteiger partial charge >= 0.3 is 11.8 Å². The summed E-state index contributed by atoms with van der Waals surface area (Å²) >= 11 is 0. The predicted octanol–water partition coefficient (Wildman–Crippen LogP) is 1.78. The van der Waals surface area contributed by atoms with Crippen molar-refractivity contribution < 1.29 is 24.4 Å². The molecule has 8 nitrogen and oxygen atoms in total. The predicted molar refractivity (Wildman–Crippen MR) is 67.0 cm³/mol. The number of carbonyl (C=O) groups excluding carboxylic acids is 1. The van der Waals surface area contributed by atoms with E-state index in [2.05, 4.69) is 0 Å². The maximum Gasteiger partial charge on any atom is 0.414 e. The van der Waals surface area contributed by atoms with Gasteiger partial charge in [0.25, 0.3) is 5.91 Å². The van der Waals surface area contributed by atoms with Crippen molar-refractivity contribution in [3.63, 3.8) is 0 Å². The molecule has 104 valence electrons. The summed E-state index contributed by atoms with van der Waals surface area (Å²) in [4.78, 5) is 32.7. The minimum Gasteiger partial charge on any atom is -0.490 e. The molecular formula is C10H11ClN2O6. The molecular weight excluding hydrogens is 280 g/mol. The third kappa shape index (κ3) is 3.55. The van der Waals surface area contributed by atoms with Crippen LogP contribution in [-0.4, -0.2) is 41.1 Å². The lowest BCUT2D eigenvalue weighted by Gasteiger charge is -2.11. The monoisotopic (exact) mass is 290 g/mol. The highest BCUT2D eigenvalue weighted by Crippen LogP contribution is 2.27. The number of carboxylic acid groups (broad SMARTS) is 1. The topological polar surface area (TPSA) is 110 Å². The molecule has 9 heteroatoms. The van der Waals surface area contributed by atoms with Gasteiger partial charge in [-0.15, -0.1) is 12.4 Å². The van der Waals surface area contributed by atoms with E-state index >= 15 is 0 Å². The Morgan fingerprint density at radius 1 is 1.42 bits per heavy atom. The summed E-state index contributed by atoms with van der Waals surface area (Å²) in [5, 5.41) is 19.4. The van der Waals surface area contributed by atoms with Gasteiger partial charge in [-0.25, -0.2) is 9.69 Å². The second kappa shape index (κ2) is 6.55. The Bertz CT molecular complexity index is 519. The lowest BCUT2D eigenvalue weighted by atomic mass is 10.1. The van der Waals surface area contributed by atoms with Crippen LogP contribution in [0.5, 0.6) is 5.75 Å². The van der Waals surface area contributed by atoms with Crippen LogP contribution in [0.1, 0.15) is 10.4 Å². The highest BCUT2D eigenvalue weighted by Gasteiger charge is 2.22. The average molecular weight is 291 g/mol. The zero-order valence-corrected chi connectivity index (χ0v) is 10.8. The van der Waals surface area contributed by atoms with Crippen molar-refractivity contribution in [3.05, 3.63) is 33.9 Å². The maximum absolute atomic E-state index is 11.6. The molecule has 0 saturated carbocycles. The van der Waals surface area contributed by atoms with Gasteiger partial charge in [0.1, 0.15) is 0 Å². The number of nitro benzene ring substituents is 1. The molecule has 0 saturated heterocycles. The molecule has 0 atom stereocenters. The summed E-state index contributed by atoms with van der Waals surface area (Å²) in [5.74, 6) is -0.859. The van der Waals surface area contributed by atoms with Crippen LogP contribution in [0.2, 0.25) is 0 Å². The fourth-order valence-corrected chi connectivity index (χ4v) is 1.25. The van der Waals surface area contributed by atoms with Crippen LogP contribution in [0.4, 0.5) is 10.5 Å². The number of nitrogens with zero attached hydrogens (tertiary/aromatic N) is 2. The number of halogens is 1. The van der Waals surface area contributed by atoms with Crippen molar-refractivity contribution in [2.24, 2.45) is 0 Å². The van der Waals surface area contributed by atoms with E-state index in [4.69, 9.17) is 9.84 Å². The Morgan fingerprint density at radius 3 is 2.42 bits per heavy atom. The zero-order valence-electron chi connectivity index (χ0n) is 10.0. The molecule has 0 spiro atoms. The average Bonchev–Trinajstić information content (AvgIpc) is 2.35. The van der Waals surface area contributed by atoms with E-state index in [9.17, 15) is 19.7 Å². The van der Waals surface area contributed by atoms with E-state index in [0.29, 0.717) is 4.90 Å². The summed E-state index contributed by atoms with van der Waals surface area (Å²) < 4.78 is 4.77. The summed E-state index contributed by atoms with van der Waals surface area (Å²) in [5.41, 5.74) is -0.505. The molecule has 1 N–H and O–H groups in total. The van der Waals surface area contributed by atoms with Gasteiger partial charge in [0.15, 0.2) is 5.75 Å². The minimum atomic E-state index is -1.45. The van der Waals surface area contributed by atoms with Gasteiger partial charge < -0.3 is 9.84 Å². The number of methoxy groups -OCH3 is 1.